The molecule has 1 aliphatic heterocycles. The third-order valence-corrected chi connectivity index (χ3v) is 4.46. The van der Waals surface area contributed by atoms with Crippen LogP contribution in [0.4, 0.5) is 4.79 Å². The summed E-state index contributed by atoms with van der Waals surface area (Å²) in [6, 6.07) is 2.87. The number of hydrogen-bond acceptors (Lipinski definition) is 4. The van der Waals surface area contributed by atoms with Crippen LogP contribution >= 0.6 is 11.3 Å². The van der Waals surface area contributed by atoms with Crippen molar-refractivity contribution in [3.8, 4) is 0 Å². The third kappa shape index (κ3) is 3.97. The average Bonchev–Trinajstić information content (AvgIpc) is 2.92. The fourth-order valence-electron chi connectivity index (χ4n) is 2.28. The van der Waals surface area contributed by atoms with Crippen molar-refractivity contribution < 1.29 is 14.4 Å². The lowest BCUT2D eigenvalue weighted by Crippen LogP contribution is -2.60. The Hall–Kier alpha value is -2.09. The fraction of sp³-hybridized carbons (Fsp3) is 0.500. The molecule has 1 aromatic rings. The SMILES string of the molecule is CNC(=O)C[C@@H]1C(=O)NCCN1C(=O)NCc1ccc(C)s1. The molecule has 0 unspecified atom stereocenters. The molecule has 1 aliphatic rings. The number of carbonyl (C=O) groups is 3. The van der Waals surface area contributed by atoms with Crippen LogP contribution in [-0.2, 0) is 16.1 Å². The number of amides is 4. The Bertz CT molecular complexity index is 572. The second-order valence-electron chi connectivity index (χ2n) is 5.05. The maximum absolute atomic E-state index is 12.3. The molecule has 1 atom stereocenters. The average molecular weight is 324 g/mol. The summed E-state index contributed by atoms with van der Waals surface area (Å²) in [7, 11) is 1.51. The number of thiophene rings is 1. The molecule has 1 fully saturated rings. The van der Waals surface area contributed by atoms with Gasteiger partial charge in [-0.15, -0.1) is 11.3 Å². The zero-order valence-corrected chi connectivity index (χ0v) is 13.5. The Labute approximate surface area is 133 Å². The van der Waals surface area contributed by atoms with Crippen molar-refractivity contribution in [1.82, 2.24) is 20.9 Å². The van der Waals surface area contributed by atoms with Crippen molar-refractivity contribution >= 4 is 29.2 Å². The largest absolute Gasteiger partial charge is 0.359 e. The van der Waals surface area contributed by atoms with Crippen LogP contribution in [0.5, 0.6) is 0 Å². The first-order chi connectivity index (χ1) is 10.5. The topological polar surface area (TPSA) is 90.5 Å². The molecule has 0 radical (unpaired) electrons. The molecule has 0 aromatic carbocycles. The number of hydrogen-bond donors (Lipinski definition) is 3. The number of nitrogens with one attached hydrogen (secondary N) is 3. The quantitative estimate of drug-likeness (QED) is 0.739. The van der Waals surface area contributed by atoms with E-state index in [2.05, 4.69) is 16.0 Å². The number of piperazine rings is 1. The molecule has 1 aromatic heterocycles. The van der Waals surface area contributed by atoms with Crippen molar-refractivity contribution in [2.45, 2.75) is 25.9 Å². The number of aryl methyl sites for hydroxylation is 1. The molecule has 120 valence electrons. The van der Waals surface area contributed by atoms with Crippen molar-refractivity contribution in [2.75, 3.05) is 20.1 Å². The third-order valence-electron chi connectivity index (χ3n) is 3.46. The van der Waals surface area contributed by atoms with Crippen LogP contribution in [0.1, 0.15) is 16.2 Å². The van der Waals surface area contributed by atoms with Crippen LogP contribution in [0, 0.1) is 6.92 Å². The first-order valence-electron chi connectivity index (χ1n) is 7.09. The fourth-order valence-corrected chi connectivity index (χ4v) is 3.11. The predicted octanol–water partition coefficient (Wildman–Crippen LogP) is 0.203. The van der Waals surface area contributed by atoms with Crippen molar-refractivity contribution in [1.29, 1.82) is 0 Å². The Balaban J connectivity index is 1.98. The Kier molecular flexibility index (Phi) is 5.37. The summed E-state index contributed by atoms with van der Waals surface area (Å²) in [5.41, 5.74) is 0. The first kappa shape index (κ1) is 16.3. The summed E-state index contributed by atoms with van der Waals surface area (Å²) in [6.07, 6.45) is -0.0339. The van der Waals surface area contributed by atoms with Gasteiger partial charge in [0, 0.05) is 29.9 Å². The summed E-state index contributed by atoms with van der Waals surface area (Å²) in [4.78, 5) is 39.4. The lowest BCUT2D eigenvalue weighted by Gasteiger charge is -2.34. The van der Waals surface area contributed by atoms with Crippen LogP contribution in [0.15, 0.2) is 12.1 Å². The summed E-state index contributed by atoms with van der Waals surface area (Å²) >= 11 is 1.62. The molecule has 2 heterocycles. The van der Waals surface area contributed by atoms with E-state index >= 15 is 0 Å². The van der Waals surface area contributed by atoms with Crippen LogP contribution in [0.2, 0.25) is 0 Å². The maximum Gasteiger partial charge on any atom is 0.318 e. The molecule has 1 saturated heterocycles. The van der Waals surface area contributed by atoms with Crippen molar-refractivity contribution in [3.05, 3.63) is 21.9 Å². The minimum absolute atomic E-state index is 0.0339. The van der Waals surface area contributed by atoms with Crippen LogP contribution in [-0.4, -0.2) is 48.9 Å². The van der Waals surface area contributed by atoms with E-state index in [1.807, 2.05) is 19.1 Å². The summed E-state index contributed by atoms with van der Waals surface area (Å²) in [5.74, 6) is -0.564. The van der Waals surface area contributed by atoms with Gasteiger partial charge in [-0.25, -0.2) is 4.79 Å². The highest BCUT2D eigenvalue weighted by Crippen LogP contribution is 2.15. The molecular formula is C14H20N4O3S. The highest BCUT2D eigenvalue weighted by molar-refractivity contribution is 7.11. The summed E-state index contributed by atoms with van der Waals surface area (Å²) in [6.45, 7) is 3.21. The lowest BCUT2D eigenvalue weighted by atomic mass is 10.1. The van der Waals surface area contributed by atoms with E-state index in [0.717, 1.165) is 4.88 Å². The van der Waals surface area contributed by atoms with Crippen molar-refractivity contribution in [2.24, 2.45) is 0 Å². The van der Waals surface area contributed by atoms with E-state index in [1.54, 1.807) is 11.3 Å². The van der Waals surface area contributed by atoms with Gasteiger partial charge in [-0.2, -0.15) is 0 Å². The second kappa shape index (κ2) is 7.26. The molecule has 8 heteroatoms. The first-order valence-corrected chi connectivity index (χ1v) is 7.91. The molecule has 0 saturated carbocycles. The van der Waals surface area contributed by atoms with E-state index < -0.39 is 6.04 Å². The van der Waals surface area contributed by atoms with Gasteiger partial charge in [-0.05, 0) is 19.1 Å². The number of nitrogens with zero attached hydrogens (tertiary/aromatic N) is 1. The molecule has 7 nitrogen and oxygen atoms in total. The highest BCUT2D eigenvalue weighted by Gasteiger charge is 2.34. The molecule has 3 N–H and O–H groups in total. The van der Waals surface area contributed by atoms with Gasteiger partial charge >= 0.3 is 6.03 Å². The number of urea groups is 1. The highest BCUT2D eigenvalue weighted by atomic mass is 32.1. The number of carbonyl (C=O) groups excluding carboxylic acids is 3. The van der Waals surface area contributed by atoms with Crippen LogP contribution in [0.3, 0.4) is 0 Å². The van der Waals surface area contributed by atoms with Gasteiger partial charge in [0.05, 0.1) is 13.0 Å². The van der Waals surface area contributed by atoms with E-state index in [0.29, 0.717) is 19.6 Å². The minimum atomic E-state index is -0.765. The molecule has 0 bridgehead atoms. The lowest BCUT2D eigenvalue weighted by molar-refractivity contribution is -0.132. The molecule has 0 spiro atoms. The Morgan fingerprint density at radius 1 is 1.45 bits per heavy atom. The van der Waals surface area contributed by atoms with E-state index in [1.165, 1.54) is 16.8 Å². The molecular weight excluding hydrogens is 304 g/mol. The van der Waals surface area contributed by atoms with Gasteiger partial charge in [0.15, 0.2) is 0 Å². The standard InChI is InChI=1S/C14H20N4O3S/c1-9-3-4-10(22-9)8-17-14(21)18-6-5-16-13(20)11(18)7-12(19)15-2/h3-4,11H,5-8H2,1-2H3,(H,15,19)(H,16,20)(H,17,21)/t11-/m1/s1. The van der Waals surface area contributed by atoms with Gasteiger partial charge in [-0.1, -0.05) is 0 Å². The van der Waals surface area contributed by atoms with Gasteiger partial charge in [0.25, 0.3) is 0 Å². The van der Waals surface area contributed by atoms with E-state index in [9.17, 15) is 14.4 Å². The summed E-state index contributed by atoms with van der Waals surface area (Å²) in [5, 5.41) is 7.97. The van der Waals surface area contributed by atoms with Crippen molar-refractivity contribution in [3.63, 3.8) is 0 Å². The molecule has 0 aliphatic carbocycles. The molecule has 2 rings (SSSR count). The van der Waals surface area contributed by atoms with E-state index in [-0.39, 0.29) is 24.3 Å². The summed E-state index contributed by atoms with van der Waals surface area (Å²) < 4.78 is 0. The number of rotatable bonds is 4. The van der Waals surface area contributed by atoms with Gasteiger partial charge < -0.3 is 20.9 Å². The predicted molar refractivity (Wildman–Crippen MR) is 83.5 cm³/mol. The van der Waals surface area contributed by atoms with E-state index in [4.69, 9.17) is 0 Å². The molecule has 22 heavy (non-hydrogen) atoms. The zero-order valence-electron chi connectivity index (χ0n) is 12.6. The normalized spacial score (nSPS) is 17.8. The minimum Gasteiger partial charge on any atom is -0.359 e. The maximum atomic E-state index is 12.3. The van der Waals surface area contributed by atoms with Gasteiger partial charge in [0.1, 0.15) is 6.04 Å². The smallest absolute Gasteiger partial charge is 0.318 e. The zero-order chi connectivity index (χ0) is 16.1. The Morgan fingerprint density at radius 2 is 2.23 bits per heavy atom. The molecule has 4 amide bonds. The monoisotopic (exact) mass is 324 g/mol. The van der Waals surface area contributed by atoms with Crippen LogP contribution in [0.25, 0.3) is 0 Å². The Morgan fingerprint density at radius 3 is 2.86 bits per heavy atom. The second-order valence-corrected chi connectivity index (χ2v) is 6.42. The van der Waals surface area contributed by atoms with Gasteiger partial charge in [0.2, 0.25) is 11.8 Å². The van der Waals surface area contributed by atoms with Crippen LogP contribution < -0.4 is 16.0 Å². The van der Waals surface area contributed by atoms with Gasteiger partial charge in [-0.3, -0.25) is 9.59 Å².